The maximum absolute atomic E-state index is 12.7. The monoisotopic (exact) mass is 454 g/mol. The molecule has 1 aliphatic carbocycles. The van der Waals surface area contributed by atoms with E-state index in [1.165, 1.54) is 19.3 Å². The van der Waals surface area contributed by atoms with Crippen molar-refractivity contribution in [1.29, 1.82) is 0 Å². The van der Waals surface area contributed by atoms with Crippen LogP contribution >= 0.6 is 0 Å². The highest BCUT2D eigenvalue weighted by Crippen LogP contribution is 2.22. The third kappa shape index (κ3) is 7.41. The van der Waals surface area contributed by atoms with Gasteiger partial charge in [0.05, 0.1) is 24.2 Å². The average molecular weight is 455 g/mol. The number of aromatic nitrogens is 2. The van der Waals surface area contributed by atoms with Crippen LogP contribution < -0.4 is 15.4 Å². The number of ether oxygens (including phenoxy) is 1. The second-order valence-electron chi connectivity index (χ2n) is 7.98. The number of para-hydroxylation sites is 2. The van der Waals surface area contributed by atoms with E-state index >= 15 is 0 Å². The number of hydrogen-bond donors (Lipinski definition) is 5. The van der Waals surface area contributed by atoms with E-state index in [2.05, 4.69) is 15.6 Å². The second-order valence-corrected chi connectivity index (χ2v) is 7.98. The Labute approximate surface area is 192 Å². The largest absolute Gasteiger partial charge is 0.503 e. The van der Waals surface area contributed by atoms with E-state index in [-0.39, 0.29) is 18.1 Å². The van der Waals surface area contributed by atoms with Gasteiger partial charge in [0.2, 0.25) is 0 Å². The number of carbonyl (C=O) groups is 2. The van der Waals surface area contributed by atoms with Gasteiger partial charge in [-0.2, -0.15) is 0 Å². The van der Waals surface area contributed by atoms with Gasteiger partial charge in [-0.15, -0.1) is 0 Å². The van der Waals surface area contributed by atoms with Crippen LogP contribution in [0.4, 0.5) is 9.59 Å². The SMILES string of the molecule is COc1ccc(C[C@@H](NC(=O)NC2CCCCC2)c2nc3ccccc3[nH]2)cc1.O=C(O)O. The van der Waals surface area contributed by atoms with E-state index in [1.54, 1.807) is 7.11 Å². The van der Waals surface area contributed by atoms with Crippen molar-refractivity contribution in [3.05, 3.63) is 59.9 Å². The number of nitrogens with one attached hydrogen (secondary N) is 3. The van der Waals surface area contributed by atoms with Crippen molar-refractivity contribution in [1.82, 2.24) is 20.6 Å². The highest BCUT2D eigenvalue weighted by Gasteiger charge is 2.21. The lowest BCUT2D eigenvalue weighted by Gasteiger charge is -2.24. The Morgan fingerprint density at radius 1 is 1.09 bits per heavy atom. The summed E-state index contributed by atoms with van der Waals surface area (Å²) in [7, 11) is 1.66. The van der Waals surface area contributed by atoms with Gasteiger partial charge in [-0.25, -0.2) is 14.6 Å². The molecule has 0 unspecified atom stereocenters. The van der Waals surface area contributed by atoms with Gasteiger partial charge in [0, 0.05) is 6.04 Å². The molecule has 0 radical (unpaired) electrons. The smallest absolute Gasteiger partial charge is 0.497 e. The number of methoxy groups -OCH3 is 1. The fourth-order valence-corrected chi connectivity index (χ4v) is 3.98. The molecule has 1 aromatic heterocycles. The van der Waals surface area contributed by atoms with Gasteiger partial charge in [0.25, 0.3) is 0 Å². The second kappa shape index (κ2) is 11.8. The summed E-state index contributed by atoms with van der Waals surface area (Å²) in [6, 6.07) is 15.7. The lowest BCUT2D eigenvalue weighted by molar-refractivity contribution is 0.137. The van der Waals surface area contributed by atoms with Crippen LogP contribution in [0, 0.1) is 0 Å². The quantitative estimate of drug-likeness (QED) is 0.366. The molecule has 9 heteroatoms. The van der Waals surface area contributed by atoms with Crippen molar-refractivity contribution in [3.8, 4) is 5.75 Å². The first-order valence-corrected chi connectivity index (χ1v) is 11.0. The van der Waals surface area contributed by atoms with Crippen LogP contribution in [0.1, 0.15) is 49.5 Å². The zero-order chi connectivity index (χ0) is 23.6. The van der Waals surface area contributed by atoms with E-state index in [4.69, 9.17) is 24.7 Å². The highest BCUT2D eigenvalue weighted by atomic mass is 16.6. The van der Waals surface area contributed by atoms with Crippen molar-refractivity contribution < 1.29 is 24.5 Å². The minimum atomic E-state index is -1.83. The Balaban J connectivity index is 0.000000709. The van der Waals surface area contributed by atoms with E-state index < -0.39 is 6.16 Å². The fourth-order valence-electron chi connectivity index (χ4n) is 3.98. The molecule has 1 fully saturated rings. The van der Waals surface area contributed by atoms with Crippen LogP contribution in [0.2, 0.25) is 0 Å². The summed E-state index contributed by atoms with van der Waals surface area (Å²) in [6.45, 7) is 0. The predicted molar refractivity (Wildman–Crippen MR) is 125 cm³/mol. The maximum Gasteiger partial charge on any atom is 0.503 e. The zero-order valence-corrected chi connectivity index (χ0v) is 18.6. The molecule has 4 rings (SSSR count). The van der Waals surface area contributed by atoms with Crippen LogP contribution in [0.5, 0.6) is 5.75 Å². The number of imidazole rings is 1. The minimum Gasteiger partial charge on any atom is -0.497 e. The van der Waals surface area contributed by atoms with Crippen molar-refractivity contribution in [3.63, 3.8) is 0 Å². The summed E-state index contributed by atoms with van der Waals surface area (Å²) in [4.78, 5) is 29.4. The van der Waals surface area contributed by atoms with Crippen molar-refractivity contribution in [2.75, 3.05) is 7.11 Å². The number of nitrogens with zero attached hydrogens (tertiary/aromatic N) is 1. The molecule has 0 spiro atoms. The molecule has 2 aromatic carbocycles. The number of aromatic amines is 1. The molecule has 0 aliphatic heterocycles. The number of rotatable bonds is 6. The van der Waals surface area contributed by atoms with Crippen LogP contribution in [-0.2, 0) is 6.42 Å². The molecule has 5 N–H and O–H groups in total. The number of amides is 2. The number of carboxylic acid groups (broad SMARTS) is 2. The topological polar surface area (TPSA) is 137 Å². The molecular formula is C24H30N4O5. The number of H-pyrrole nitrogens is 1. The molecule has 1 heterocycles. The predicted octanol–water partition coefficient (Wildman–Crippen LogP) is 4.71. The summed E-state index contributed by atoms with van der Waals surface area (Å²) >= 11 is 0. The summed E-state index contributed by atoms with van der Waals surface area (Å²) in [5.41, 5.74) is 2.97. The first-order valence-electron chi connectivity index (χ1n) is 11.0. The van der Waals surface area contributed by atoms with Crippen LogP contribution in [0.15, 0.2) is 48.5 Å². The third-order valence-corrected chi connectivity index (χ3v) is 5.58. The van der Waals surface area contributed by atoms with E-state index in [1.807, 2.05) is 48.5 Å². The van der Waals surface area contributed by atoms with Gasteiger partial charge in [-0.3, -0.25) is 0 Å². The van der Waals surface area contributed by atoms with Gasteiger partial charge < -0.3 is 30.6 Å². The maximum atomic E-state index is 12.7. The first-order chi connectivity index (χ1) is 15.9. The summed E-state index contributed by atoms with van der Waals surface area (Å²) in [5.74, 6) is 1.58. The fraction of sp³-hybridized carbons (Fsp3) is 0.375. The zero-order valence-electron chi connectivity index (χ0n) is 18.6. The van der Waals surface area contributed by atoms with Gasteiger partial charge in [-0.05, 0) is 49.1 Å². The molecule has 1 atom stereocenters. The van der Waals surface area contributed by atoms with Gasteiger partial charge in [0.15, 0.2) is 0 Å². The first kappa shape index (κ1) is 23.9. The molecule has 0 bridgehead atoms. The molecule has 1 aliphatic rings. The molecule has 1 saturated carbocycles. The summed E-state index contributed by atoms with van der Waals surface area (Å²) in [6.07, 6.45) is 4.55. The van der Waals surface area contributed by atoms with E-state index in [9.17, 15) is 4.79 Å². The minimum absolute atomic E-state index is 0.129. The van der Waals surface area contributed by atoms with E-state index in [0.717, 1.165) is 41.0 Å². The third-order valence-electron chi connectivity index (χ3n) is 5.58. The summed E-state index contributed by atoms with van der Waals surface area (Å²) in [5, 5.41) is 20.2. The van der Waals surface area contributed by atoms with Crippen molar-refractivity contribution in [2.45, 2.75) is 50.6 Å². The molecule has 176 valence electrons. The van der Waals surface area contributed by atoms with Gasteiger partial charge >= 0.3 is 12.2 Å². The molecule has 2 amide bonds. The Kier molecular flexibility index (Phi) is 8.51. The summed E-state index contributed by atoms with van der Waals surface area (Å²) < 4.78 is 5.25. The standard InChI is InChI=1S/C23H28N4O2.CH2O3/c1-29-18-13-11-16(12-14-18)15-21(22-25-19-9-5-6-10-20(19)26-22)27-23(28)24-17-7-3-2-4-8-17;2-1(3)4/h5-6,9-14,17,21H,2-4,7-8,15H2,1H3,(H,25,26)(H2,24,27,28);(H2,2,3,4)/t21-;/m1./s1. The number of benzene rings is 2. The number of hydrogen-bond acceptors (Lipinski definition) is 4. The van der Waals surface area contributed by atoms with Gasteiger partial charge in [-0.1, -0.05) is 43.5 Å². The Bertz CT molecular complexity index is 1010. The number of urea groups is 1. The van der Waals surface area contributed by atoms with Crippen LogP contribution in [0.3, 0.4) is 0 Å². The molecule has 3 aromatic rings. The molecule has 0 saturated heterocycles. The Morgan fingerprint density at radius 3 is 2.39 bits per heavy atom. The number of carbonyl (C=O) groups excluding carboxylic acids is 1. The van der Waals surface area contributed by atoms with Crippen molar-refractivity contribution in [2.24, 2.45) is 0 Å². The van der Waals surface area contributed by atoms with Crippen LogP contribution in [-0.4, -0.2) is 45.5 Å². The highest BCUT2D eigenvalue weighted by molar-refractivity contribution is 5.76. The Morgan fingerprint density at radius 2 is 1.76 bits per heavy atom. The van der Waals surface area contributed by atoms with Crippen molar-refractivity contribution >= 4 is 23.2 Å². The van der Waals surface area contributed by atoms with Gasteiger partial charge in [0.1, 0.15) is 11.6 Å². The molecular weight excluding hydrogens is 424 g/mol. The number of fused-ring (bicyclic) bond motifs is 1. The molecule has 9 nitrogen and oxygen atoms in total. The Hall–Kier alpha value is -3.75. The van der Waals surface area contributed by atoms with E-state index in [0.29, 0.717) is 6.42 Å². The average Bonchev–Trinajstić information content (AvgIpc) is 3.24. The normalized spacial score (nSPS) is 14.6. The lowest BCUT2D eigenvalue weighted by atomic mass is 9.96. The molecule has 33 heavy (non-hydrogen) atoms. The lowest BCUT2D eigenvalue weighted by Crippen LogP contribution is -2.44. The van der Waals surface area contributed by atoms with Crippen LogP contribution in [0.25, 0.3) is 11.0 Å².